The highest BCUT2D eigenvalue weighted by Gasteiger charge is 2.06. The molecule has 0 heterocycles. The van der Waals surface area contributed by atoms with E-state index in [4.69, 9.17) is 9.47 Å². The summed E-state index contributed by atoms with van der Waals surface area (Å²) in [6, 6.07) is 18.6. The van der Waals surface area contributed by atoms with Crippen LogP contribution in [-0.2, 0) is 6.61 Å². The zero-order valence-electron chi connectivity index (χ0n) is 12.6. The van der Waals surface area contributed by atoms with Gasteiger partial charge in [0.05, 0.1) is 7.11 Å². The number of methoxy groups -OCH3 is 1. The molecule has 0 saturated carbocycles. The van der Waals surface area contributed by atoms with E-state index in [-0.39, 0.29) is 0 Å². The minimum atomic E-state index is 0.574. The van der Waals surface area contributed by atoms with Crippen LogP contribution >= 0.6 is 22.6 Å². The van der Waals surface area contributed by atoms with Crippen molar-refractivity contribution in [2.45, 2.75) is 6.61 Å². The molecule has 0 unspecified atom stereocenters. The van der Waals surface area contributed by atoms with E-state index in [9.17, 15) is 0 Å². The predicted molar refractivity (Wildman–Crippen MR) is 102 cm³/mol. The Balaban J connectivity index is 1.89. The van der Waals surface area contributed by atoms with Gasteiger partial charge in [-0.05, 0) is 58.3 Å². The molecule has 0 N–H and O–H groups in total. The van der Waals surface area contributed by atoms with Crippen LogP contribution in [0.2, 0.25) is 0 Å². The molecule has 3 rings (SSSR count). The average Bonchev–Trinajstić information content (AvgIpc) is 2.55. The first-order valence-corrected chi connectivity index (χ1v) is 8.20. The van der Waals surface area contributed by atoms with Gasteiger partial charge in [-0.2, -0.15) is 0 Å². The van der Waals surface area contributed by atoms with Gasteiger partial charge < -0.3 is 9.47 Å². The Hall–Kier alpha value is -1.69. The minimum Gasteiger partial charge on any atom is -0.497 e. The molecule has 0 atom stereocenters. The molecule has 110 valence electrons. The Bertz CT molecular complexity index is 817. The lowest BCUT2D eigenvalue weighted by Gasteiger charge is -2.12. The van der Waals surface area contributed by atoms with Crippen LogP contribution in [0.4, 0.5) is 0 Å². The summed E-state index contributed by atoms with van der Waals surface area (Å²) >= 11 is 2.35. The third-order valence-electron chi connectivity index (χ3n) is 3.63. The molecular formula is C18H16BIO2. The third-order valence-corrected chi connectivity index (χ3v) is 4.68. The van der Waals surface area contributed by atoms with E-state index >= 15 is 0 Å². The van der Waals surface area contributed by atoms with Gasteiger partial charge in [-0.3, -0.25) is 0 Å². The molecule has 0 aromatic heterocycles. The van der Waals surface area contributed by atoms with Crippen LogP contribution in [0.1, 0.15) is 5.56 Å². The standard InChI is InChI=1S/C18H16BIO2/c1-21-15-6-7-16-12(10-15)3-2-4-18(16)22-11-13-9-14(19)5-8-17(13)20/h2-10H,11,19H2,1H3. The SMILES string of the molecule is Bc1ccc(I)c(COc2cccc3cc(OC)ccc23)c1. The molecule has 0 fully saturated rings. The Kier molecular flexibility index (Phi) is 4.57. The summed E-state index contributed by atoms with van der Waals surface area (Å²) in [5.74, 6) is 1.76. The van der Waals surface area contributed by atoms with E-state index in [0.717, 1.165) is 22.3 Å². The zero-order chi connectivity index (χ0) is 15.5. The quantitative estimate of drug-likeness (QED) is 0.493. The number of benzene rings is 3. The van der Waals surface area contributed by atoms with E-state index in [0.29, 0.717) is 6.61 Å². The molecule has 2 nitrogen and oxygen atoms in total. The summed E-state index contributed by atoms with van der Waals surface area (Å²) in [6.45, 7) is 0.574. The Morgan fingerprint density at radius 1 is 1.05 bits per heavy atom. The lowest BCUT2D eigenvalue weighted by Crippen LogP contribution is -2.07. The zero-order valence-corrected chi connectivity index (χ0v) is 14.8. The number of hydrogen-bond acceptors (Lipinski definition) is 2. The fourth-order valence-corrected chi connectivity index (χ4v) is 2.95. The van der Waals surface area contributed by atoms with Crippen molar-refractivity contribution >= 4 is 46.7 Å². The second-order valence-electron chi connectivity index (χ2n) is 5.23. The molecular weight excluding hydrogens is 386 g/mol. The molecule has 22 heavy (non-hydrogen) atoms. The second-order valence-corrected chi connectivity index (χ2v) is 6.39. The van der Waals surface area contributed by atoms with Crippen LogP contribution < -0.4 is 14.9 Å². The summed E-state index contributed by atoms with van der Waals surface area (Å²) in [5, 5.41) is 2.22. The Morgan fingerprint density at radius 2 is 1.91 bits per heavy atom. The normalized spacial score (nSPS) is 10.6. The third kappa shape index (κ3) is 3.22. The summed E-state index contributed by atoms with van der Waals surface area (Å²) in [4.78, 5) is 0. The number of halogens is 1. The van der Waals surface area contributed by atoms with Crippen molar-refractivity contribution in [3.63, 3.8) is 0 Å². The molecule has 0 aliphatic rings. The maximum atomic E-state index is 6.07. The van der Waals surface area contributed by atoms with Gasteiger partial charge in [0, 0.05) is 14.5 Å². The van der Waals surface area contributed by atoms with Gasteiger partial charge >= 0.3 is 0 Å². The molecule has 0 aliphatic carbocycles. The van der Waals surface area contributed by atoms with Crippen molar-refractivity contribution in [3.8, 4) is 11.5 Å². The minimum absolute atomic E-state index is 0.574. The van der Waals surface area contributed by atoms with E-state index < -0.39 is 0 Å². The molecule has 0 bridgehead atoms. The molecule has 0 saturated heterocycles. The lowest BCUT2D eigenvalue weighted by atomic mass is 9.95. The summed E-state index contributed by atoms with van der Waals surface area (Å²) in [6.07, 6.45) is 0. The fourth-order valence-electron chi connectivity index (χ4n) is 2.45. The van der Waals surface area contributed by atoms with Crippen LogP contribution in [0.25, 0.3) is 10.8 Å². The smallest absolute Gasteiger partial charge is 0.139 e. The van der Waals surface area contributed by atoms with E-state index in [1.165, 1.54) is 14.6 Å². The first kappa shape index (κ1) is 15.2. The maximum absolute atomic E-state index is 6.07. The first-order chi connectivity index (χ1) is 10.7. The highest BCUT2D eigenvalue weighted by molar-refractivity contribution is 14.1. The highest BCUT2D eigenvalue weighted by atomic mass is 127. The molecule has 0 aliphatic heterocycles. The second kappa shape index (κ2) is 6.61. The lowest BCUT2D eigenvalue weighted by molar-refractivity contribution is 0.309. The van der Waals surface area contributed by atoms with Crippen LogP contribution in [0.15, 0.2) is 54.6 Å². The predicted octanol–water partition coefficient (Wildman–Crippen LogP) is 3.29. The van der Waals surface area contributed by atoms with Gasteiger partial charge in [0.25, 0.3) is 0 Å². The van der Waals surface area contributed by atoms with Crippen LogP contribution in [0.3, 0.4) is 0 Å². The summed E-state index contributed by atoms with van der Waals surface area (Å²) in [5.41, 5.74) is 2.47. The van der Waals surface area contributed by atoms with E-state index in [1.807, 2.05) is 30.3 Å². The van der Waals surface area contributed by atoms with Crippen molar-refractivity contribution in [2.24, 2.45) is 0 Å². The Labute approximate surface area is 145 Å². The first-order valence-electron chi connectivity index (χ1n) is 7.12. The maximum Gasteiger partial charge on any atom is 0.139 e. The van der Waals surface area contributed by atoms with Gasteiger partial charge in [-0.15, -0.1) is 0 Å². The molecule has 0 radical (unpaired) electrons. The Morgan fingerprint density at radius 3 is 2.73 bits per heavy atom. The number of ether oxygens (including phenoxy) is 2. The van der Waals surface area contributed by atoms with Crippen molar-refractivity contribution < 1.29 is 9.47 Å². The van der Waals surface area contributed by atoms with E-state index in [1.54, 1.807) is 7.11 Å². The van der Waals surface area contributed by atoms with Gasteiger partial charge in [-0.25, -0.2) is 0 Å². The van der Waals surface area contributed by atoms with Crippen molar-refractivity contribution in [3.05, 3.63) is 63.7 Å². The molecule has 4 heteroatoms. The summed E-state index contributed by atoms with van der Waals surface area (Å²) < 4.78 is 12.6. The topological polar surface area (TPSA) is 18.5 Å². The number of rotatable bonds is 4. The largest absolute Gasteiger partial charge is 0.497 e. The fraction of sp³-hybridized carbons (Fsp3) is 0.111. The highest BCUT2D eigenvalue weighted by Crippen LogP contribution is 2.29. The van der Waals surface area contributed by atoms with Gasteiger partial charge in [-0.1, -0.05) is 29.7 Å². The van der Waals surface area contributed by atoms with E-state index in [2.05, 4.69) is 54.7 Å². The van der Waals surface area contributed by atoms with Crippen molar-refractivity contribution in [1.29, 1.82) is 0 Å². The molecule has 0 spiro atoms. The molecule has 3 aromatic rings. The van der Waals surface area contributed by atoms with Crippen molar-refractivity contribution in [2.75, 3.05) is 7.11 Å². The van der Waals surface area contributed by atoms with Gasteiger partial charge in [0.15, 0.2) is 0 Å². The van der Waals surface area contributed by atoms with Gasteiger partial charge in [0.1, 0.15) is 26.0 Å². The van der Waals surface area contributed by atoms with Gasteiger partial charge in [0.2, 0.25) is 0 Å². The van der Waals surface area contributed by atoms with Crippen molar-refractivity contribution in [1.82, 2.24) is 0 Å². The summed E-state index contributed by atoms with van der Waals surface area (Å²) in [7, 11) is 3.78. The van der Waals surface area contributed by atoms with Crippen LogP contribution in [-0.4, -0.2) is 15.0 Å². The average molecular weight is 402 g/mol. The number of fused-ring (bicyclic) bond motifs is 1. The van der Waals surface area contributed by atoms with Crippen LogP contribution in [0.5, 0.6) is 11.5 Å². The van der Waals surface area contributed by atoms with Crippen LogP contribution in [0, 0.1) is 3.57 Å². The number of hydrogen-bond donors (Lipinski definition) is 0. The molecule has 0 amide bonds. The monoisotopic (exact) mass is 402 g/mol. The molecule has 3 aromatic carbocycles.